The summed E-state index contributed by atoms with van der Waals surface area (Å²) in [7, 11) is 0. The number of nitrogens with one attached hydrogen (secondary N) is 1. The van der Waals surface area contributed by atoms with Gasteiger partial charge in [-0.25, -0.2) is 0 Å². The third-order valence-corrected chi connectivity index (χ3v) is 3.17. The van der Waals surface area contributed by atoms with Crippen molar-refractivity contribution in [2.45, 2.75) is 18.9 Å². The molecule has 2 aromatic rings. The first-order valence-corrected chi connectivity index (χ1v) is 5.89. The minimum absolute atomic E-state index is 0.502. The molecule has 3 N–H and O–H groups in total. The van der Waals surface area contributed by atoms with Crippen molar-refractivity contribution in [3.8, 4) is 0 Å². The smallest absolute Gasteiger partial charge is 0.0951 e. The van der Waals surface area contributed by atoms with E-state index in [-0.39, 0.29) is 0 Å². The average Bonchev–Trinajstić information content (AvgIpc) is 2.83. The van der Waals surface area contributed by atoms with Crippen LogP contribution >= 0.6 is 0 Å². The number of anilines is 2. The maximum absolute atomic E-state index is 5.93. The van der Waals surface area contributed by atoms with Gasteiger partial charge in [-0.1, -0.05) is 24.3 Å². The summed E-state index contributed by atoms with van der Waals surface area (Å²) in [5.74, 6) is 0. The van der Waals surface area contributed by atoms with E-state index >= 15 is 0 Å². The van der Waals surface area contributed by atoms with E-state index in [1.54, 1.807) is 0 Å². The number of aromatic nitrogens is 1. The lowest BCUT2D eigenvalue weighted by molar-refractivity contribution is 0.788. The summed E-state index contributed by atoms with van der Waals surface area (Å²) in [5.41, 5.74) is 8.66. The molecule has 0 fully saturated rings. The molecule has 17 heavy (non-hydrogen) atoms. The minimum Gasteiger partial charge on any atom is -0.397 e. The van der Waals surface area contributed by atoms with E-state index in [4.69, 9.17) is 5.73 Å². The summed E-state index contributed by atoms with van der Waals surface area (Å²) in [6.07, 6.45) is 8.42. The molecule has 0 aliphatic heterocycles. The van der Waals surface area contributed by atoms with Crippen molar-refractivity contribution in [1.29, 1.82) is 0 Å². The molecule has 1 aromatic carbocycles. The number of benzene rings is 1. The molecule has 0 unspecified atom stereocenters. The topological polar surface area (TPSA) is 50.9 Å². The molecule has 0 bridgehead atoms. The first-order valence-electron chi connectivity index (χ1n) is 5.89. The predicted molar refractivity (Wildman–Crippen MR) is 71.9 cm³/mol. The summed E-state index contributed by atoms with van der Waals surface area (Å²) < 4.78 is 0. The molecule has 0 radical (unpaired) electrons. The summed E-state index contributed by atoms with van der Waals surface area (Å²) in [6, 6.07) is 8.43. The highest BCUT2D eigenvalue weighted by Gasteiger charge is 2.11. The number of rotatable bonds is 2. The average molecular weight is 225 g/mol. The van der Waals surface area contributed by atoms with Gasteiger partial charge >= 0.3 is 0 Å². The van der Waals surface area contributed by atoms with Gasteiger partial charge in [-0.2, -0.15) is 0 Å². The zero-order valence-corrected chi connectivity index (χ0v) is 9.56. The van der Waals surface area contributed by atoms with Crippen molar-refractivity contribution in [1.82, 2.24) is 4.98 Å². The molecule has 3 rings (SSSR count). The van der Waals surface area contributed by atoms with Gasteiger partial charge in [0.05, 0.1) is 11.2 Å². The molecule has 0 atom stereocenters. The van der Waals surface area contributed by atoms with Gasteiger partial charge in [0.2, 0.25) is 0 Å². The lowest BCUT2D eigenvalue weighted by atomic mass is 10.1. The number of hydrogen-bond acceptors (Lipinski definition) is 3. The van der Waals surface area contributed by atoms with Crippen molar-refractivity contribution in [2.75, 3.05) is 11.1 Å². The highest BCUT2D eigenvalue weighted by molar-refractivity contribution is 5.97. The molecule has 3 nitrogen and oxygen atoms in total. The fraction of sp³-hybridized carbons (Fsp3) is 0.214. The molecule has 86 valence electrons. The van der Waals surface area contributed by atoms with Crippen LogP contribution in [0.3, 0.4) is 0 Å². The first kappa shape index (κ1) is 10.1. The van der Waals surface area contributed by atoms with Crippen LogP contribution in [0, 0.1) is 0 Å². The number of para-hydroxylation sites is 1. The Hall–Kier alpha value is -2.03. The van der Waals surface area contributed by atoms with Crippen LogP contribution < -0.4 is 11.1 Å². The minimum atomic E-state index is 0.502. The van der Waals surface area contributed by atoms with Crippen molar-refractivity contribution >= 4 is 22.3 Å². The second kappa shape index (κ2) is 4.09. The number of nitrogens with zero attached hydrogens (tertiary/aromatic N) is 1. The summed E-state index contributed by atoms with van der Waals surface area (Å²) in [4.78, 5) is 4.34. The van der Waals surface area contributed by atoms with E-state index in [9.17, 15) is 0 Å². The van der Waals surface area contributed by atoms with E-state index in [0.29, 0.717) is 6.04 Å². The molecule has 0 saturated carbocycles. The SMILES string of the molecule is Nc1cccc2c(NC3CC=CC3)ccnc12. The van der Waals surface area contributed by atoms with E-state index in [1.165, 1.54) is 0 Å². The normalized spacial score (nSPS) is 15.5. The molecule has 1 heterocycles. The van der Waals surface area contributed by atoms with E-state index in [2.05, 4.69) is 28.5 Å². The van der Waals surface area contributed by atoms with E-state index in [1.807, 2.05) is 24.4 Å². The standard InChI is InChI=1S/C14H15N3/c15-12-7-3-6-11-13(8-9-16-14(11)12)17-10-4-1-2-5-10/h1-3,6-10H,4-5,15H2,(H,16,17). The Morgan fingerprint density at radius 1 is 1.18 bits per heavy atom. The van der Waals surface area contributed by atoms with Crippen LogP contribution in [0.25, 0.3) is 10.9 Å². The van der Waals surface area contributed by atoms with Crippen LogP contribution in [0.5, 0.6) is 0 Å². The highest BCUT2D eigenvalue weighted by Crippen LogP contribution is 2.27. The fourth-order valence-corrected chi connectivity index (χ4v) is 2.28. The van der Waals surface area contributed by atoms with Crippen molar-refractivity contribution in [3.63, 3.8) is 0 Å². The highest BCUT2D eigenvalue weighted by atomic mass is 14.9. The molecule has 0 saturated heterocycles. The fourth-order valence-electron chi connectivity index (χ4n) is 2.28. The summed E-state index contributed by atoms with van der Waals surface area (Å²) in [5, 5.41) is 4.65. The Labute approximate surface area is 100 Å². The van der Waals surface area contributed by atoms with Crippen molar-refractivity contribution in [3.05, 3.63) is 42.6 Å². The first-order chi connectivity index (χ1) is 8.34. The van der Waals surface area contributed by atoms with Gasteiger partial charge in [0, 0.05) is 23.3 Å². The molecule has 3 heteroatoms. The van der Waals surface area contributed by atoms with Crippen LogP contribution in [0.2, 0.25) is 0 Å². The second-order valence-electron chi connectivity index (χ2n) is 4.39. The number of nitrogens with two attached hydrogens (primary N) is 1. The number of hydrogen-bond donors (Lipinski definition) is 2. The van der Waals surface area contributed by atoms with Gasteiger partial charge in [0.25, 0.3) is 0 Å². The lowest BCUT2D eigenvalue weighted by Gasteiger charge is -2.15. The molecule has 1 aliphatic rings. The van der Waals surface area contributed by atoms with Gasteiger partial charge in [-0.05, 0) is 25.0 Å². The van der Waals surface area contributed by atoms with Crippen molar-refractivity contribution < 1.29 is 0 Å². The van der Waals surface area contributed by atoms with Crippen LogP contribution in [0.4, 0.5) is 11.4 Å². The van der Waals surface area contributed by atoms with Crippen LogP contribution in [-0.4, -0.2) is 11.0 Å². The second-order valence-corrected chi connectivity index (χ2v) is 4.39. The molecular weight excluding hydrogens is 210 g/mol. The Morgan fingerprint density at radius 2 is 2.00 bits per heavy atom. The Kier molecular flexibility index (Phi) is 2.44. The monoisotopic (exact) mass is 225 g/mol. The molecule has 1 aliphatic carbocycles. The van der Waals surface area contributed by atoms with Gasteiger partial charge in [-0.15, -0.1) is 0 Å². The summed E-state index contributed by atoms with van der Waals surface area (Å²) >= 11 is 0. The third kappa shape index (κ3) is 1.84. The maximum atomic E-state index is 5.93. The number of pyridine rings is 1. The largest absolute Gasteiger partial charge is 0.397 e. The Balaban J connectivity index is 2.01. The third-order valence-electron chi connectivity index (χ3n) is 3.17. The quantitative estimate of drug-likeness (QED) is 0.610. The zero-order chi connectivity index (χ0) is 11.7. The van der Waals surface area contributed by atoms with Crippen LogP contribution in [0.1, 0.15) is 12.8 Å². The van der Waals surface area contributed by atoms with Gasteiger partial charge in [-0.3, -0.25) is 4.98 Å². The molecule has 0 spiro atoms. The number of nitrogen functional groups attached to an aromatic ring is 1. The molecule has 1 aromatic heterocycles. The van der Waals surface area contributed by atoms with Crippen molar-refractivity contribution in [2.24, 2.45) is 0 Å². The van der Waals surface area contributed by atoms with Gasteiger partial charge in [0.1, 0.15) is 0 Å². The summed E-state index contributed by atoms with van der Waals surface area (Å²) in [6.45, 7) is 0. The zero-order valence-electron chi connectivity index (χ0n) is 9.56. The van der Waals surface area contributed by atoms with Crippen LogP contribution in [-0.2, 0) is 0 Å². The van der Waals surface area contributed by atoms with Gasteiger partial charge < -0.3 is 11.1 Å². The lowest BCUT2D eigenvalue weighted by Crippen LogP contribution is -2.15. The van der Waals surface area contributed by atoms with E-state index in [0.717, 1.165) is 35.1 Å². The van der Waals surface area contributed by atoms with Crippen LogP contribution in [0.15, 0.2) is 42.6 Å². The van der Waals surface area contributed by atoms with E-state index < -0.39 is 0 Å². The Bertz CT molecular complexity index is 567. The molecular formula is C14H15N3. The Morgan fingerprint density at radius 3 is 2.82 bits per heavy atom. The number of fused-ring (bicyclic) bond motifs is 1. The molecule has 0 amide bonds. The van der Waals surface area contributed by atoms with Gasteiger partial charge in [0.15, 0.2) is 0 Å². The maximum Gasteiger partial charge on any atom is 0.0951 e. The predicted octanol–water partition coefficient (Wildman–Crippen LogP) is 2.95.